The zero-order valence-corrected chi connectivity index (χ0v) is 14.5. The molecule has 0 aliphatic carbocycles. The van der Waals surface area contributed by atoms with E-state index in [0.29, 0.717) is 0 Å². The van der Waals surface area contributed by atoms with Crippen LogP contribution in [0.2, 0.25) is 0 Å². The number of thiazole rings is 1. The molecule has 25 heavy (non-hydrogen) atoms. The lowest BCUT2D eigenvalue weighted by Gasteiger charge is -2.06. The Morgan fingerprint density at radius 3 is 2.84 bits per heavy atom. The maximum Gasteiger partial charge on any atom is 0.267 e. The Bertz CT molecular complexity index is 1100. The highest BCUT2D eigenvalue weighted by Gasteiger charge is 2.19. The van der Waals surface area contributed by atoms with Gasteiger partial charge < -0.3 is 10.3 Å². The molecule has 4 heterocycles. The van der Waals surface area contributed by atoms with Crippen LogP contribution in [0.5, 0.6) is 0 Å². The van der Waals surface area contributed by atoms with E-state index in [1.54, 1.807) is 18.5 Å². The molecule has 0 aliphatic rings. The Kier molecular flexibility index (Phi) is 3.58. The van der Waals surface area contributed by atoms with Crippen molar-refractivity contribution in [2.75, 3.05) is 0 Å². The summed E-state index contributed by atoms with van der Waals surface area (Å²) < 4.78 is 1.99. The number of hydrogen-bond donors (Lipinski definition) is 1. The first kappa shape index (κ1) is 15.5. The van der Waals surface area contributed by atoms with Gasteiger partial charge in [-0.15, -0.1) is 11.3 Å². The first-order valence-electron chi connectivity index (χ1n) is 7.68. The van der Waals surface area contributed by atoms with Gasteiger partial charge in [0, 0.05) is 36.6 Å². The van der Waals surface area contributed by atoms with Gasteiger partial charge in [0.05, 0.1) is 16.1 Å². The predicted molar refractivity (Wildman–Crippen MR) is 98.3 cm³/mol. The molecule has 0 unspecified atom stereocenters. The second-order valence-electron chi connectivity index (χ2n) is 5.76. The van der Waals surface area contributed by atoms with Gasteiger partial charge in [0.1, 0.15) is 16.4 Å². The summed E-state index contributed by atoms with van der Waals surface area (Å²) >= 11 is 1.53. The van der Waals surface area contributed by atoms with E-state index in [1.807, 2.05) is 42.9 Å². The summed E-state index contributed by atoms with van der Waals surface area (Å²) in [6, 6.07) is 7.53. The fraction of sp³-hybridized carbons (Fsp3) is 0.111. The third kappa shape index (κ3) is 2.58. The van der Waals surface area contributed by atoms with Crippen LogP contribution >= 0.6 is 11.3 Å². The fourth-order valence-electron chi connectivity index (χ4n) is 2.84. The third-order valence-corrected chi connectivity index (χ3v) is 5.24. The molecular weight excluding hydrogens is 334 g/mol. The minimum Gasteiger partial charge on any atom is -0.364 e. The lowest BCUT2D eigenvalue weighted by atomic mass is 10.1. The average Bonchev–Trinajstić information content (AvgIpc) is 3.18. The normalized spacial score (nSPS) is 11.1. The third-order valence-electron chi connectivity index (χ3n) is 4.03. The Morgan fingerprint density at radius 1 is 1.28 bits per heavy atom. The van der Waals surface area contributed by atoms with E-state index < -0.39 is 5.91 Å². The van der Waals surface area contributed by atoms with Crippen LogP contribution in [0, 0.1) is 6.92 Å². The highest BCUT2D eigenvalue weighted by Crippen LogP contribution is 2.37. The van der Waals surface area contributed by atoms with Crippen molar-refractivity contribution >= 4 is 28.1 Å². The van der Waals surface area contributed by atoms with Crippen molar-refractivity contribution in [2.45, 2.75) is 6.92 Å². The number of carbonyl (C=O) groups is 1. The number of fused-ring (bicyclic) bond motifs is 1. The van der Waals surface area contributed by atoms with Gasteiger partial charge in [0.15, 0.2) is 0 Å². The van der Waals surface area contributed by atoms with E-state index in [4.69, 9.17) is 5.73 Å². The van der Waals surface area contributed by atoms with Crippen molar-refractivity contribution in [1.29, 1.82) is 0 Å². The van der Waals surface area contributed by atoms with Crippen LogP contribution in [0.3, 0.4) is 0 Å². The number of hydrogen-bond acceptors (Lipinski definition) is 5. The molecule has 124 valence electrons. The molecule has 0 aliphatic heterocycles. The van der Waals surface area contributed by atoms with Crippen molar-refractivity contribution in [2.24, 2.45) is 12.8 Å². The first-order valence-corrected chi connectivity index (χ1v) is 8.50. The first-order chi connectivity index (χ1) is 12.0. The maximum absolute atomic E-state index is 11.7. The van der Waals surface area contributed by atoms with E-state index in [9.17, 15) is 4.79 Å². The molecule has 0 aromatic carbocycles. The largest absolute Gasteiger partial charge is 0.364 e. The highest BCUT2D eigenvalue weighted by molar-refractivity contribution is 7.18. The number of primary amides is 1. The monoisotopic (exact) mass is 349 g/mol. The molecule has 0 fully saturated rings. The number of pyridine rings is 2. The maximum atomic E-state index is 11.7. The summed E-state index contributed by atoms with van der Waals surface area (Å²) in [5.41, 5.74) is 9.21. The van der Waals surface area contributed by atoms with E-state index >= 15 is 0 Å². The molecule has 0 saturated carbocycles. The topological polar surface area (TPSA) is 86.7 Å². The number of aromatic nitrogens is 4. The molecule has 4 aromatic rings. The quantitative estimate of drug-likeness (QED) is 0.615. The molecule has 4 rings (SSSR count). The van der Waals surface area contributed by atoms with Crippen LogP contribution in [0.25, 0.3) is 32.0 Å². The molecule has 0 spiro atoms. The van der Waals surface area contributed by atoms with E-state index in [1.165, 1.54) is 11.3 Å². The zero-order valence-electron chi connectivity index (χ0n) is 13.7. The molecule has 0 radical (unpaired) electrons. The van der Waals surface area contributed by atoms with Gasteiger partial charge in [0.25, 0.3) is 5.91 Å². The van der Waals surface area contributed by atoms with Crippen LogP contribution in [0.1, 0.15) is 16.2 Å². The SMILES string of the molecule is Cc1nc(-c2cccnc2)sc1-c1nc(C(N)=O)cc2ccn(C)c12. The fourth-order valence-corrected chi connectivity index (χ4v) is 3.88. The lowest BCUT2D eigenvalue weighted by molar-refractivity contribution is 0.0996. The van der Waals surface area contributed by atoms with Crippen LogP contribution in [-0.4, -0.2) is 25.4 Å². The Morgan fingerprint density at radius 2 is 2.12 bits per heavy atom. The van der Waals surface area contributed by atoms with Crippen molar-refractivity contribution in [1.82, 2.24) is 19.5 Å². The second kappa shape index (κ2) is 5.78. The number of rotatable bonds is 3. The molecular formula is C18H15N5OS. The standard InChI is InChI=1S/C18H15N5OS/c1-10-16(25-18(21-10)12-4-3-6-20-9-12)14-15-11(5-7-23(15)2)8-13(22-14)17(19)24/h3-9H,1-2H3,(H2,19,24). The summed E-state index contributed by atoms with van der Waals surface area (Å²) in [7, 11) is 1.95. The van der Waals surface area contributed by atoms with Gasteiger partial charge in [0.2, 0.25) is 0 Å². The van der Waals surface area contributed by atoms with Gasteiger partial charge in [-0.05, 0) is 31.2 Å². The Hall–Kier alpha value is -3.06. The van der Waals surface area contributed by atoms with E-state index in [0.717, 1.165) is 37.7 Å². The van der Waals surface area contributed by atoms with Gasteiger partial charge in [-0.2, -0.15) is 0 Å². The number of amides is 1. The van der Waals surface area contributed by atoms with Crippen LogP contribution in [-0.2, 0) is 7.05 Å². The smallest absolute Gasteiger partial charge is 0.267 e. The molecule has 0 bridgehead atoms. The second-order valence-corrected chi connectivity index (χ2v) is 6.76. The number of carbonyl (C=O) groups excluding carboxylic acids is 1. The molecule has 6 nitrogen and oxygen atoms in total. The number of nitrogens with two attached hydrogens (primary N) is 1. The summed E-state index contributed by atoms with van der Waals surface area (Å²) in [5, 5.41) is 1.80. The van der Waals surface area contributed by atoms with Gasteiger partial charge >= 0.3 is 0 Å². The number of nitrogens with zero attached hydrogens (tertiary/aromatic N) is 4. The molecule has 4 aromatic heterocycles. The van der Waals surface area contributed by atoms with E-state index in [-0.39, 0.29) is 5.69 Å². The van der Waals surface area contributed by atoms with Crippen molar-refractivity contribution in [3.8, 4) is 21.1 Å². The summed E-state index contributed by atoms with van der Waals surface area (Å²) in [6.07, 6.45) is 5.46. The van der Waals surface area contributed by atoms with E-state index in [2.05, 4.69) is 15.0 Å². The van der Waals surface area contributed by atoms with Gasteiger partial charge in [-0.3, -0.25) is 9.78 Å². The van der Waals surface area contributed by atoms with Crippen molar-refractivity contribution in [3.63, 3.8) is 0 Å². The minimum absolute atomic E-state index is 0.254. The molecule has 7 heteroatoms. The van der Waals surface area contributed by atoms with Gasteiger partial charge in [-0.25, -0.2) is 9.97 Å². The summed E-state index contributed by atoms with van der Waals surface area (Å²) in [4.78, 5) is 26.0. The Labute approximate surface area is 148 Å². The van der Waals surface area contributed by atoms with Crippen LogP contribution < -0.4 is 5.73 Å². The van der Waals surface area contributed by atoms with Crippen molar-refractivity contribution < 1.29 is 4.79 Å². The lowest BCUT2D eigenvalue weighted by Crippen LogP contribution is -2.13. The van der Waals surface area contributed by atoms with Gasteiger partial charge in [-0.1, -0.05) is 0 Å². The molecule has 0 saturated heterocycles. The predicted octanol–water partition coefficient (Wildman–Crippen LogP) is 3.17. The summed E-state index contributed by atoms with van der Waals surface area (Å²) in [6.45, 7) is 1.94. The zero-order chi connectivity index (χ0) is 17.6. The highest BCUT2D eigenvalue weighted by atomic mass is 32.1. The summed E-state index contributed by atoms with van der Waals surface area (Å²) in [5.74, 6) is -0.540. The van der Waals surface area contributed by atoms with Crippen molar-refractivity contribution in [3.05, 3.63) is 54.2 Å². The Balaban J connectivity index is 1.97. The molecule has 2 N–H and O–H groups in total. The van der Waals surface area contributed by atoms with Crippen LogP contribution in [0.4, 0.5) is 0 Å². The van der Waals surface area contributed by atoms with Crippen LogP contribution in [0.15, 0.2) is 42.9 Å². The molecule has 1 amide bonds. The molecule has 0 atom stereocenters. The average molecular weight is 349 g/mol. The number of aryl methyl sites for hydroxylation is 2. The minimum atomic E-state index is -0.540.